The van der Waals surface area contributed by atoms with Gasteiger partial charge in [-0.05, 0) is 62.0 Å². The van der Waals surface area contributed by atoms with E-state index in [2.05, 4.69) is 38.3 Å². The minimum atomic E-state index is -0.464. The molecule has 160 valence electrons. The van der Waals surface area contributed by atoms with Gasteiger partial charge in [0.15, 0.2) is 0 Å². The van der Waals surface area contributed by atoms with Gasteiger partial charge >= 0.3 is 5.69 Å². The Morgan fingerprint density at radius 1 is 1.10 bits per heavy atom. The third kappa shape index (κ3) is 3.96. The van der Waals surface area contributed by atoms with Gasteiger partial charge in [-0.3, -0.25) is 23.9 Å². The van der Waals surface area contributed by atoms with E-state index >= 15 is 0 Å². The smallest absolute Gasteiger partial charge is 0.298 e. The minimum Gasteiger partial charge on any atom is -0.298 e. The number of aryl methyl sites for hydroxylation is 1. The largest absolute Gasteiger partial charge is 0.333 e. The van der Waals surface area contributed by atoms with Crippen LogP contribution in [0.5, 0.6) is 0 Å². The molecule has 0 amide bonds. The number of aromatic nitrogens is 6. The van der Waals surface area contributed by atoms with Gasteiger partial charge in [-0.1, -0.05) is 0 Å². The topological polar surface area (TPSA) is 93.2 Å². The van der Waals surface area contributed by atoms with Crippen LogP contribution in [0.3, 0.4) is 0 Å². The van der Waals surface area contributed by atoms with E-state index in [1.54, 1.807) is 10.7 Å². The first-order valence-corrected chi connectivity index (χ1v) is 10.5. The highest BCUT2D eigenvalue weighted by atomic mass is 16.2. The normalized spacial score (nSPS) is 15.6. The number of H-pyrrole nitrogens is 1. The number of hydrogen-bond donors (Lipinski definition) is 1. The molecular formula is C22H25N7O2. The van der Waals surface area contributed by atoms with E-state index < -0.39 is 11.2 Å². The quantitative estimate of drug-likeness (QED) is 0.527. The summed E-state index contributed by atoms with van der Waals surface area (Å²) in [6, 6.07) is 7.62. The Labute approximate surface area is 178 Å². The van der Waals surface area contributed by atoms with Crippen LogP contribution < -0.4 is 11.2 Å². The Hall–Kier alpha value is -3.46. The molecule has 5 heterocycles. The van der Waals surface area contributed by atoms with Gasteiger partial charge in [0, 0.05) is 38.2 Å². The molecule has 0 atom stereocenters. The molecule has 31 heavy (non-hydrogen) atoms. The van der Waals surface area contributed by atoms with Crippen LogP contribution in [-0.2, 0) is 20.0 Å². The molecule has 5 rings (SSSR count). The maximum absolute atomic E-state index is 12.2. The summed E-state index contributed by atoms with van der Waals surface area (Å²) in [5.74, 6) is 0.632. The Morgan fingerprint density at radius 3 is 2.68 bits per heavy atom. The van der Waals surface area contributed by atoms with Crippen molar-refractivity contribution in [1.29, 1.82) is 0 Å². The van der Waals surface area contributed by atoms with Gasteiger partial charge in [-0.15, -0.1) is 0 Å². The summed E-state index contributed by atoms with van der Waals surface area (Å²) < 4.78 is 5.12. The number of nitrogens with zero attached hydrogens (tertiary/aromatic N) is 6. The number of piperidine rings is 1. The lowest BCUT2D eigenvalue weighted by molar-refractivity contribution is 0.173. The first kappa shape index (κ1) is 19.5. The zero-order valence-electron chi connectivity index (χ0n) is 17.4. The second-order valence-corrected chi connectivity index (χ2v) is 8.24. The molecule has 9 nitrogen and oxygen atoms in total. The van der Waals surface area contributed by atoms with Crippen LogP contribution in [0.25, 0.3) is 11.2 Å². The van der Waals surface area contributed by atoms with Crippen molar-refractivity contribution in [3.8, 4) is 5.69 Å². The van der Waals surface area contributed by atoms with E-state index in [4.69, 9.17) is 0 Å². The number of likely N-dealkylation sites (tertiary alicyclic amines) is 1. The van der Waals surface area contributed by atoms with Crippen molar-refractivity contribution in [1.82, 2.24) is 33.8 Å². The summed E-state index contributed by atoms with van der Waals surface area (Å²) in [7, 11) is 1.99. The number of aromatic amines is 1. The average Bonchev–Trinajstić information content (AvgIpc) is 3.35. The van der Waals surface area contributed by atoms with E-state index in [0.717, 1.165) is 44.4 Å². The summed E-state index contributed by atoms with van der Waals surface area (Å²) in [6.45, 7) is 3.12. The zero-order chi connectivity index (χ0) is 21.4. The SMILES string of the molecule is Cn1nccc1CN1CCC(Cc2ccn3ncc(-n4ccc(=O)[nH]c4=O)c3c2)CC1. The summed E-state index contributed by atoms with van der Waals surface area (Å²) in [5.41, 5.74) is 3.11. The average molecular weight is 419 g/mol. The molecule has 1 saturated heterocycles. The van der Waals surface area contributed by atoms with Gasteiger partial charge in [0.1, 0.15) is 0 Å². The van der Waals surface area contributed by atoms with Crippen molar-refractivity contribution in [2.75, 3.05) is 13.1 Å². The van der Waals surface area contributed by atoms with Crippen LogP contribution >= 0.6 is 0 Å². The second-order valence-electron chi connectivity index (χ2n) is 8.24. The van der Waals surface area contributed by atoms with Crippen molar-refractivity contribution in [3.63, 3.8) is 0 Å². The number of nitrogens with one attached hydrogen (secondary N) is 1. The van der Waals surface area contributed by atoms with E-state index in [0.29, 0.717) is 11.6 Å². The summed E-state index contributed by atoms with van der Waals surface area (Å²) in [5, 5.41) is 8.61. The molecule has 1 N–H and O–H groups in total. The fourth-order valence-electron chi connectivity index (χ4n) is 4.40. The Kier molecular flexibility index (Phi) is 5.03. The van der Waals surface area contributed by atoms with Crippen LogP contribution in [0, 0.1) is 5.92 Å². The lowest BCUT2D eigenvalue weighted by atomic mass is 9.90. The molecule has 1 fully saturated rings. The molecule has 0 bridgehead atoms. The fraction of sp³-hybridized carbons (Fsp3) is 0.364. The molecule has 4 aromatic rings. The van der Waals surface area contributed by atoms with Crippen LogP contribution in [0.1, 0.15) is 24.1 Å². The van der Waals surface area contributed by atoms with Gasteiger partial charge < -0.3 is 0 Å². The molecule has 0 aliphatic carbocycles. The standard InChI is InChI=1S/C22H25N7O2/c1-26-18(2-7-23-26)15-27-8-3-16(4-9-27)12-17-5-11-29-19(13-17)20(14-24-29)28-10-6-21(30)25-22(28)31/h2,5-7,10-11,13-14,16H,3-4,8-9,12,15H2,1H3,(H,25,30,31). The van der Waals surface area contributed by atoms with Crippen molar-refractivity contribution < 1.29 is 0 Å². The highest BCUT2D eigenvalue weighted by molar-refractivity contribution is 5.64. The van der Waals surface area contributed by atoms with Gasteiger partial charge in [0.25, 0.3) is 5.56 Å². The van der Waals surface area contributed by atoms with E-state index in [-0.39, 0.29) is 0 Å². The highest BCUT2D eigenvalue weighted by Gasteiger charge is 2.21. The first-order chi connectivity index (χ1) is 15.1. The maximum atomic E-state index is 12.2. The molecule has 0 aromatic carbocycles. The molecule has 0 radical (unpaired) electrons. The van der Waals surface area contributed by atoms with Gasteiger partial charge in [0.05, 0.1) is 23.1 Å². The number of pyridine rings is 1. The first-order valence-electron chi connectivity index (χ1n) is 10.5. The lowest BCUT2D eigenvalue weighted by Crippen LogP contribution is -2.34. The van der Waals surface area contributed by atoms with Crippen molar-refractivity contribution in [2.45, 2.75) is 25.8 Å². The van der Waals surface area contributed by atoms with Gasteiger partial charge in [-0.25, -0.2) is 9.31 Å². The molecule has 4 aromatic heterocycles. The Balaban J connectivity index is 1.30. The monoisotopic (exact) mass is 419 g/mol. The molecule has 0 spiro atoms. The predicted molar refractivity (Wildman–Crippen MR) is 116 cm³/mol. The van der Waals surface area contributed by atoms with E-state index in [9.17, 15) is 9.59 Å². The molecule has 1 aliphatic rings. The molecule has 0 saturated carbocycles. The van der Waals surface area contributed by atoms with Crippen molar-refractivity contribution in [3.05, 3.63) is 81.1 Å². The molecular weight excluding hydrogens is 394 g/mol. The highest BCUT2D eigenvalue weighted by Crippen LogP contribution is 2.24. The van der Waals surface area contributed by atoms with Crippen LogP contribution in [-0.4, -0.2) is 46.9 Å². The lowest BCUT2D eigenvalue weighted by Gasteiger charge is -2.32. The predicted octanol–water partition coefficient (Wildman–Crippen LogP) is 1.36. The molecule has 9 heteroatoms. The maximum Gasteiger partial charge on any atom is 0.333 e. The third-order valence-corrected chi connectivity index (χ3v) is 6.19. The number of rotatable bonds is 5. The van der Waals surface area contributed by atoms with Gasteiger partial charge in [-0.2, -0.15) is 10.2 Å². The fourth-order valence-corrected chi connectivity index (χ4v) is 4.40. The van der Waals surface area contributed by atoms with E-state index in [1.165, 1.54) is 28.1 Å². The second kappa shape index (κ2) is 7.99. The van der Waals surface area contributed by atoms with Crippen LogP contribution in [0.2, 0.25) is 0 Å². The number of hydrogen-bond acceptors (Lipinski definition) is 5. The molecule has 0 unspecified atom stereocenters. The van der Waals surface area contributed by atoms with E-state index in [1.807, 2.05) is 24.1 Å². The van der Waals surface area contributed by atoms with Gasteiger partial charge in [0.2, 0.25) is 0 Å². The van der Waals surface area contributed by atoms with Crippen LogP contribution in [0.4, 0.5) is 0 Å². The minimum absolute atomic E-state index is 0.409. The van der Waals surface area contributed by atoms with Crippen LogP contribution in [0.15, 0.2) is 58.6 Å². The summed E-state index contributed by atoms with van der Waals surface area (Å²) in [4.78, 5) is 28.4. The summed E-state index contributed by atoms with van der Waals surface area (Å²) >= 11 is 0. The molecule has 1 aliphatic heterocycles. The van der Waals surface area contributed by atoms with Crippen molar-refractivity contribution in [2.24, 2.45) is 13.0 Å². The van der Waals surface area contributed by atoms with Crippen molar-refractivity contribution >= 4 is 5.52 Å². The zero-order valence-corrected chi connectivity index (χ0v) is 17.4. The Bertz CT molecular complexity index is 1320. The third-order valence-electron chi connectivity index (χ3n) is 6.19. The summed E-state index contributed by atoms with van der Waals surface area (Å²) in [6.07, 6.45) is 10.2. The Morgan fingerprint density at radius 2 is 1.94 bits per heavy atom. The number of fused-ring (bicyclic) bond motifs is 1.